The first-order chi connectivity index (χ1) is 14.6. The molecule has 0 aliphatic carbocycles. The zero-order chi connectivity index (χ0) is 21.6. The van der Waals surface area contributed by atoms with Crippen LogP contribution >= 0.6 is 23.2 Å². The van der Waals surface area contributed by atoms with Gasteiger partial charge in [-0.1, -0.05) is 78.9 Å². The zero-order valence-electron chi connectivity index (χ0n) is 18.3. The minimum atomic E-state index is 0.414. The minimum Gasteiger partial charge on any atom is -0.379 e. The molecule has 1 N–H and O–H groups in total. The van der Waals surface area contributed by atoms with E-state index in [-0.39, 0.29) is 0 Å². The number of hydrogen-bond donors (Lipinski definition) is 1. The molecule has 1 unspecified atom stereocenters. The molecule has 0 heterocycles. The molecule has 2 rings (SSSR count). The number of unbranched alkanes of at least 4 members (excludes halogenated alkanes) is 3. The molecule has 30 heavy (non-hydrogen) atoms. The molecule has 0 saturated carbocycles. The largest absolute Gasteiger partial charge is 0.379 e. The Morgan fingerprint density at radius 2 is 1.57 bits per heavy atom. The molecule has 0 aliphatic heterocycles. The standard InChI is InChI=1S/C25H35Cl2NO2/c1-20-9-7-10-22(17-20)21(2)18-28-13-5-3-4-6-14-29-15-16-30-19-23-24(26)11-8-12-25(23)27/h7-12,17,21,28H,3-6,13-16,18-19H2,1-2H3. The molecule has 5 heteroatoms. The quantitative estimate of drug-likeness (QED) is 0.302. The molecule has 2 aromatic carbocycles. The van der Waals surface area contributed by atoms with Gasteiger partial charge < -0.3 is 14.8 Å². The molecule has 2 aromatic rings. The Bertz CT molecular complexity index is 719. The molecule has 3 nitrogen and oxygen atoms in total. The van der Waals surface area contributed by atoms with Crippen molar-refractivity contribution in [3.8, 4) is 0 Å². The highest BCUT2D eigenvalue weighted by molar-refractivity contribution is 6.35. The Hall–Kier alpha value is -1.10. The molecule has 0 amide bonds. The lowest BCUT2D eigenvalue weighted by Crippen LogP contribution is -2.21. The SMILES string of the molecule is Cc1cccc(C(C)CNCCCCCCOCCOCc2c(Cl)cccc2Cl)c1. The number of benzene rings is 2. The van der Waals surface area contributed by atoms with E-state index in [1.165, 1.54) is 30.4 Å². The Morgan fingerprint density at radius 1 is 0.867 bits per heavy atom. The smallest absolute Gasteiger partial charge is 0.0747 e. The number of halogens is 2. The van der Waals surface area contributed by atoms with Crippen LogP contribution in [0.4, 0.5) is 0 Å². The van der Waals surface area contributed by atoms with Crippen molar-refractivity contribution in [2.45, 2.75) is 52.1 Å². The number of rotatable bonds is 15. The third kappa shape index (κ3) is 9.80. The minimum absolute atomic E-state index is 0.414. The summed E-state index contributed by atoms with van der Waals surface area (Å²) in [6, 6.07) is 14.3. The van der Waals surface area contributed by atoms with E-state index in [1.54, 1.807) is 0 Å². The average Bonchev–Trinajstić information content (AvgIpc) is 2.73. The lowest BCUT2D eigenvalue weighted by atomic mass is 9.99. The molecule has 0 spiro atoms. The van der Waals surface area contributed by atoms with Gasteiger partial charge in [0.1, 0.15) is 0 Å². The molecule has 0 aromatic heterocycles. The summed E-state index contributed by atoms with van der Waals surface area (Å²) in [4.78, 5) is 0. The van der Waals surface area contributed by atoms with Gasteiger partial charge in [-0.25, -0.2) is 0 Å². The van der Waals surface area contributed by atoms with E-state index in [2.05, 4.69) is 43.4 Å². The van der Waals surface area contributed by atoms with Crippen LogP contribution in [-0.2, 0) is 16.1 Å². The first-order valence-electron chi connectivity index (χ1n) is 10.9. The van der Waals surface area contributed by atoms with Crippen LogP contribution in [0.3, 0.4) is 0 Å². The van der Waals surface area contributed by atoms with Crippen molar-refractivity contribution in [3.05, 3.63) is 69.2 Å². The summed E-state index contributed by atoms with van der Waals surface area (Å²) in [5.74, 6) is 0.550. The van der Waals surface area contributed by atoms with Crippen LogP contribution < -0.4 is 5.32 Å². The van der Waals surface area contributed by atoms with Gasteiger partial charge in [-0.2, -0.15) is 0 Å². The normalized spacial score (nSPS) is 12.3. The number of hydrogen-bond acceptors (Lipinski definition) is 3. The van der Waals surface area contributed by atoms with Crippen molar-refractivity contribution < 1.29 is 9.47 Å². The molecule has 1 atom stereocenters. The highest BCUT2D eigenvalue weighted by atomic mass is 35.5. The number of ether oxygens (including phenoxy) is 2. The van der Waals surface area contributed by atoms with Gasteiger partial charge in [0.2, 0.25) is 0 Å². The maximum Gasteiger partial charge on any atom is 0.0747 e. The van der Waals surface area contributed by atoms with E-state index >= 15 is 0 Å². The molecular formula is C25H35Cl2NO2. The van der Waals surface area contributed by atoms with Gasteiger partial charge in [0.05, 0.1) is 19.8 Å². The van der Waals surface area contributed by atoms with Gasteiger partial charge in [-0.15, -0.1) is 0 Å². The second-order valence-electron chi connectivity index (χ2n) is 7.80. The summed E-state index contributed by atoms with van der Waals surface area (Å²) in [6.45, 7) is 8.89. The molecule has 166 valence electrons. The molecule has 0 fully saturated rings. The predicted octanol–water partition coefficient (Wildman–Crippen LogP) is 6.79. The van der Waals surface area contributed by atoms with E-state index in [0.717, 1.165) is 31.7 Å². The summed E-state index contributed by atoms with van der Waals surface area (Å²) in [6.07, 6.45) is 4.74. The molecule has 0 saturated heterocycles. The van der Waals surface area contributed by atoms with Crippen LogP contribution in [-0.4, -0.2) is 32.9 Å². The van der Waals surface area contributed by atoms with E-state index in [9.17, 15) is 0 Å². The first kappa shape index (κ1) is 25.2. The second-order valence-corrected chi connectivity index (χ2v) is 8.61. The summed E-state index contributed by atoms with van der Waals surface area (Å²) >= 11 is 12.2. The van der Waals surface area contributed by atoms with Gasteiger partial charge in [0.15, 0.2) is 0 Å². The van der Waals surface area contributed by atoms with Gasteiger partial charge in [-0.3, -0.25) is 0 Å². The highest BCUT2D eigenvalue weighted by Gasteiger charge is 2.06. The fourth-order valence-electron chi connectivity index (χ4n) is 3.29. The van der Waals surface area contributed by atoms with E-state index in [4.69, 9.17) is 32.7 Å². The van der Waals surface area contributed by atoms with Crippen LogP contribution in [0.1, 0.15) is 55.2 Å². The number of aryl methyl sites for hydroxylation is 1. The van der Waals surface area contributed by atoms with Crippen molar-refractivity contribution in [2.24, 2.45) is 0 Å². The Labute approximate surface area is 192 Å². The van der Waals surface area contributed by atoms with Gasteiger partial charge in [0.25, 0.3) is 0 Å². The Kier molecular flexibility index (Phi) is 12.4. The van der Waals surface area contributed by atoms with Gasteiger partial charge in [-0.05, 0) is 49.9 Å². The predicted molar refractivity (Wildman–Crippen MR) is 128 cm³/mol. The topological polar surface area (TPSA) is 30.5 Å². The molecule has 0 aliphatic rings. The third-order valence-electron chi connectivity index (χ3n) is 5.13. The number of nitrogens with one attached hydrogen (secondary N) is 1. The fraction of sp³-hybridized carbons (Fsp3) is 0.520. The molecule has 0 radical (unpaired) electrons. The van der Waals surface area contributed by atoms with Gasteiger partial charge in [0, 0.05) is 28.8 Å². The maximum absolute atomic E-state index is 6.12. The monoisotopic (exact) mass is 451 g/mol. The van der Waals surface area contributed by atoms with Crippen molar-refractivity contribution in [1.82, 2.24) is 5.32 Å². The van der Waals surface area contributed by atoms with Gasteiger partial charge >= 0.3 is 0 Å². The van der Waals surface area contributed by atoms with Crippen molar-refractivity contribution in [2.75, 3.05) is 32.9 Å². The summed E-state index contributed by atoms with van der Waals surface area (Å²) in [7, 11) is 0. The van der Waals surface area contributed by atoms with Crippen molar-refractivity contribution in [3.63, 3.8) is 0 Å². The molecular weight excluding hydrogens is 417 g/mol. The van der Waals surface area contributed by atoms with Crippen LogP contribution in [0.2, 0.25) is 10.0 Å². The third-order valence-corrected chi connectivity index (χ3v) is 5.84. The first-order valence-corrected chi connectivity index (χ1v) is 11.7. The van der Waals surface area contributed by atoms with Crippen LogP contribution in [0.15, 0.2) is 42.5 Å². The Morgan fingerprint density at radius 3 is 2.33 bits per heavy atom. The lowest BCUT2D eigenvalue weighted by molar-refractivity contribution is 0.0393. The van der Waals surface area contributed by atoms with E-state index in [0.29, 0.717) is 35.8 Å². The highest BCUT2D eigenvalue weighted by Crippen LogP contribution is 2.24. The summed E-state index contributed by atoms with van der Waals surface area (Å²) in [5.41, 5.74) is 3.58. The zero-order valence-corrected chi connectivity index (χ0v) is 19.8. The van der Waals surface area contributed by atoms with Crippen molar-refractivity contribution >= 4 is 23.2 Å². The summed E-state index contributed by atoms with van der Waals surface area (Å²) < 4.78 is 11.3. The van der Waals surface area contributed by atoms with E-state index < -0.39 is 0 Å². The average molecular weight is 452 g/mol. The molecule has 0 bridgehead atoms. The Balaban J connectivity index is 1.38. The van der Waals surface area contributed by atoms with Crippen LogP contribution in [0.25, 0.3) is 0 Å². The lowest BCUT2D eigenvalue weighted by Gasteiger charge is -2.13. The maximum atomic E-state index is 6.12. The van der Waals surface area contributed by atoms with Crippen LogP contribution in [0.5, 0.6) is 0 Å². The van der Waals surface area contributed by atoms with E-state index in [1.807, 2.05) is 18.2 Å². The fourth-order valence-corrected chi connectivity index (χ4v) is 3.79. The summed E-state index contributed by atoms with van der Waals surface area (Å²) in [5, 5.41) is 4.87. The second kappa shape index (κ2) is 14.8. The van der Waals surface area contributed by atoms with Crippen LogP contribution in [0, 0.1) is 6.92 Å². The van der Waals surface area contributed by atoms with Crippen molar-refractivity contribution in [1.29, 1.82) is 0 Å².